The molecule has 1 aromatic carbocycles. The second kappa shape index (κ2) is 4.11. The summed E-state index contributed by atoms with van der Waals surface area (Å²) in [5.41, 5.74) is 0.372. The summed E-state index contributed by atoms with van der Waals surface area (Å²) in [5, 5.41) is 0.353. The van der Waals surface area contributed by atoms with Gasteiger partial charge in [-0.2, -0.15) is 0 Å². The lowest BCUT2D eigenvalue weighted by atomic mass is 10.2. The lowest BCUT2D eigenvalue weighted by Crippen LogP contribution is -2.30. The van der Waals surface area contributed by atoms with E-state index in [9.17, 15) is 9.18 Å². The smallest absolute Gasteiger partial charge is 0.150 e. The summed E-state index contributed by atoms with van der Waals surface area (Å²) in [6.07, 6.45) is 0.643. The van der Waals surface area contributed by atoms with E-state index in [0.29, 0.717) is 35.2 Å². The van der Waals surface area contributed by atoms with E-state index in [0.717, 1.165) is 0 Å². The third-order valence-electron chi connectivity index (χ3n) is 1.99. The molecule has 14 heavy (non-hydrogen) atoms. The molecular formula is C10H9FO2S. The van der Waals surface area contributed by atoms with Crippen molar-refractivity contribution in [1.82, 2.24) is 0 Å². The zero-order valence-corrected chi connectivity index (χ0v) is 8.22. The average molecular weight is 212 g/mol. The number of aldehydes is 1. The predicted octanol–water partition coefficient (Wildman–Crippen LogP) is 2.13. The molecule has 0 spiro atoms. The van der Waals surface area contributed by atoms with Crippen LogP contribution >= 0.6 is 11.8 Å². The number of hydrogen-bond donors (Lipinski definition) is 0. The van der Waals surface area contributed by atoms with E-state index in [1.54, 1.807) is 12.1 Å². The highest BCUT2D eigenvalue weighted by atomic mass is 32.2. The summed E-state index contributed by atoms with van der Waals surface area (Å²) in [7, 11) is 0. The lowest BCUT2D eigenvalue weighted by Gasteiger charge is -2.25. The van der Waals surface area contributed by atoms with Crippen molar-refractivity contribution >= 4 is 18.0 Å². The topological polar surface area (TPSA) is 26.3 Å². The number of carbonyl (C=O) groups excluding carboxylic acids is 1. The van der Waals surface area contributed by atoms with Gasteiger partial charge in [0.05, 0.1) is 18.5 Å². The van der Waals surface area contributed by atoms with Crippen molar-refractivity contribution in [1.29, 1.82) is 0 Å². The Hall–Kier alpha value is -0.870. The van der Waals surface area contributed by atoms with Crippen molar-refractivity contribution in [3.63, 3.8) is 0 Å². The van der Waals surface area contributed by atoms with Gasteiger partial charge in [0.25, 0.3) is 0 Å². The third-order valence-corrected chi connectivity index (χ3v) is 3.18. The Labute approximate surface area is 85.4 Å². The minimum absolute atomic E-state index is 0.327. The van der Waals surface area contributed by atoms with E-state index in [1.807, 2.05) is 0 Å². The van der Waals surface area contributed by atoms with Crippen LogP contribution in [0.3, 0.4) is 0 Å². The van der Waals surface area contributed by atoms with Crippen molar-refractivity contribution < 1.29 is 13.9 Å². The van der Waals surface area contributed by atoms with Gasteiger partial charge in [-0.1, -0.05) is 6.07 Å². The van der Waals surface area contributed by atoms with Crippen molar-refractivity contribution in [3.05, 3.63) is 29.6 Å². The zero-order chi connectivity index (χ0) is 9.97. The number of hydrogen-bond acceptors (Lipinski definition) is 3. The van der Waals surface area contributed by atoms with Crippen LogP contribution in [0.2, 0.25) is 0 Å². The zero-order valence-electron chi connectivity index (χ0n) is 7.40. The predicted molar refractivity (Wildman–Crippen MR) is 52.3 cm³/mol. The lowest BCUT2D eigenvalue weighted by molar-refractivity contribution is 0.0455. The minimum Gasteiger partial charge on any atom is -0.379 e. The largest absolute Gasteiger partial charge is 0.379 e. The maximum absolute atomic E-state index is 13.3. The van der Waals surface area contributed by atoms with Crippen molar-refractivity contribution in [3.8, 4) is 0 Å². The molecular weight excluding hydrogens is 203 g/mol. The number of rotatable bonds is 3. The molecule has 2 nitrogen and oxygen atoms in total. The molecule has 74 valence electrons. The molecule has 0 N–H and O–H groups in total. The fourth-order valence-corrected chi connectivity index (χ4v) is 2.15. The average Bonchev–Trinajstić information content (AvgIpc) is 2.13. The Kier molecular flexibility index (Phi) is 2.84. The summed E-state index contributed by atoms with van der Waals surface area (Å²) in [5.74, 6) is -0.327. The van der Waals surface area contributed by atoms with E-state index in [2.05, 4.69) is 0 Å². The second-order valence-electron chi connectivity index (χ2n) is 3.09. The number of carbonyl (C=O) groups is 1. The molecule has 0 aliphatic carbocycles. The highest BCUT2D eigenvalue weighted by Crippen LogP contribution is 2.30. The minimum atomic E-state index is -0.327. The van der Waals surface area contributed by atoms with Crippen LogP contribution in [0, 0.1) is 5.82 Å². The van der Waals surface area contributed by atoms with Crippen LogP contribution < -0.4 is 0 Å². The van der Waals surface area contributed by atoms with Crippen molar-refractivity contribution in [2.45, 2.75) is 10.1 Å². The quantitative estimate of drug-likeness (QED) is 0.718. The Morgan fingerprint density at radius 1 is 1.50 bits per heavy atom. The van der Waals surface area contributed by atoms with Gasteiger partial charge in [-0.3, -0.25) is 4.79 Å². The Morgan fingerprint density at radius 2 is 2.29 bits per heavy atom. The number of thioether (sulfide) groups is 1. The van der Waals surface area contributed by atoms with Crippen LogP contribution in [0.1, 0.15) is 10.4 Å². The fourth-order valence-electron chi connectivity index (χ4n) is 1.15. The first-order valence-electron chi connectivity index (χ1n) is 4.29. The molecule has 0 saturated carbocycles. The molecule has 1 fully saturated rings. The molecule has 1 aliphatic rings. The van der Waals surface area contributed by atoms with Gasteiger partial charge in [0.2, 0.25) is 0 Å². The second-order valence-corrected chi connectivity index (χ2v) is 4.43. The van der Waals surface area contributed by atoms with Crippen molar-refractivity contribution in [2.75, 3.05) is 13.2 Å². The van der Waals surface area contributed by atoms with E-state index in [-0.39, 0.29) is 5.82 Å². The van der Waals surface area contributed by atoms with Crippen LogP contribution in [0.5, 0.6) is 0 Å². The highest BCUT2D eigenvalue weighted by Gasteiger charge is 2.20. The Morgan fingerprint density at radius 3 is 2.79 bits per heavy atom. The molecule has 0 bridgehead atoms. The fraction of sp³-hybridized carbons (Fsp3) is 0.300. The van der Waals surface area contributed by atoms with Gasteiger partial charge in [0.1, 0.15) is 12.1 Å². The van der Waals surface area contributed by atoms with Gasteiger partial charge in [0.15, 0.2) is 0 Å². The number of benzene rings is 1. The van der Waals surface area contributed by atoms with Crippen LogP contribution in [0.4, 0.5) is 4.39 Å². The first-order valence-corrected chi connectivity index (χ1v) is 5.16. The van der Waals surface area contributed by atoms with Gasteiger partial charge < -0.3 is 4.74 Å². The Bertz CT molecular complexity index is 350. The molecule has 1 aliphatic heterocycles. The molecule has 0 radical (unpaired) electrons. The maximum atomic E-state index is 13.3. The number of halogens is 1. The highest BCUT2D eigenvalue weighted by molar-refractivity contribution is 8.00. The molecule has 1 heterocycles. The van der Waals surface area contributed by atoms with Gasteiger partial charge in [0, 0.05) is 10.5 Å². The summed E-state index contributed by atoms with van der Waals surface area (Å²) in [6, 6.07) is 4.52. The summed E-state index contributed by atoms with van der Waals surface area (Å²) >= 11 is 1.46. The van der Waals surface area contributed by atoms with Crippen LogP contribution in [-0.4, -0.2) is 24.7 Å². The monoisotopic (exact) mass is 212 g/mol. The summed E-state index contributed by atoms with van der Waals surface area (Å²) < 4.78 is 18.3. The van der Waals surface area contributed by atoms with Gasteiger partial charge in [-0.15, -0.1) is 11.8 Å². The Balaban J connectivity index is 2.12. The molecule has 0 aromatic heterocycles. The summed E-state index contributed by atoms with van der Waals surface area (Å²) in [6.45, 7) is 1.36. The van der Waals surface area contributed by atoms with Gasteiger partial charge in [-0.05, 0) is 12.1 Å². The van der Waals surface area contributed by atoms with Crippen LogP contribution in [-0.2, 0) is 4.74 Å². The SMILES string of the molecule is O=Cc1ccc(SC2COC2)c(F)c1. The van der Waals surface area contributed by atoms with Gasteiger partial charge in [-0.25, -0.2) is 4.39 Å². The summed E-state index contributed by atoms with van der Waals surface area (Å²) in [4.78, 5) is 11.0. The normalized spacial score (nSPS) is 16.4. The molecule has 4 heteroatoms. The number of ether oxygens (including phenoxy) is 1. The molecule has 0 atom stereocenters. The molecule has 0 amide bonds. The van der Waals surface area contributed by atoms with Crippen LogP contribution in [0.15, 0.2) is 23.1 Å². The van der Waals surface area contributed by atoms with Crippen LogP contribution in [0.25, 0.3) is 0 Å². The molecule has 1 saturated heterocycles. The molecule has 2 rings (SSSR count). The van der Waals surface area contributed by atoms with E-state index >= 15 is 0 Å². The maximum Gasteiger partial charge on any atom is 0.150 e. The van der Waals surface area contributed by atoms with E-state index in [1.165, 1.54) is 17.8 Å². The van der Waals surface area contributed by atoms with Crippen molar-refractivity contribution in [2.24, 2.45) is 0 Å². The first kappa shape index (κ1) is 9.68. The van der Waals surface area contributed by atoms with Gasteiger partial charge >= 0.3 is 0 Å². The standard InChI is InChI=1S/C10H9FO2S/c11-9-3-7(4-12)1-2-10(9)14-8-5-13-6-8/h1-4,8H,5-6H2. The van der Waals surface area contributed by atoms with E-state index < -0.39 is 0 Å². The van der Waals surface area contributed by atoms with E-state index in [4.69, 9.17) is 4.74 Å². The third kappa shape index (κ3) is 1.96. The molecule has 0 unspecified atom stereocenters. The first-order chi connectivity index (χ1) is 6.79. The molecule has 1 aromatic rings.